The fraction of sp³-hybridized carbons (Fsp3) is 1.00. The van der Waals surface area contributed by atoms with E-state index in [0.717, 1.165) is 6.42 Å². The van der Waals surface area contributed by atoms with Crippen LogP contribution in [0.5, 0.6) is 0 Å². The van der Waals surface area contributed by atoms with E-state index >= 15 is 0 Å². The van der Waals surface area contributed by atoms with Gasteiger partial charge in [0.2, 0.25) is 0 Å². The van der Waals surface area contributed by atoms with Gasteiger partial charge in [-0.15, -0.1) is 0 Å². The van der Waals surface area contributed by atoms with Gasteiger partial charge in [0.05, 0.1) is 18.8 Å². The predicted molar refractivity (Wildman–Crippen MR) is 43.5 cm³/mol. The van der Waals surface area contributed by atoms with Crippen molar-refractivity contribution in [3.05, 3.63) is 0 Å². The third kappa shape index (κ3) is 2.77. The van der Waals surface area contributed by atoms with Crippen LogP contribution in [0.2, 0.25) is 0 Å². The van der Waals surface area contributed by atoms with Crippen LogP contribution in [-0.2, 0) is 4.74 Å². The van der Waals surface area contributed by atoms with Gasteiger partial charge in [-0.25, -0.2) is 0 Å². The lowest BCUT2D eigenvalue weighted by Gasteiger charge is -2.30. The molecule has 0 amide bonds. The maximum absolute atomic E-state index is 9.48. The minimum atomic E-state index is -0.230. The second-order valence-corrected chi connectivity index (χ2v) is 3.36. The number of ether oxygens (including phenoxy) is 1. The quantitative estimate of drug-likeness (QED) is 0.602. The van der Waals surface area contributed by atoms with E-state index in [9.17, 15) is 5.11 Å². The average Bonchev–Trinajstić information content (AvgIpc) is 1.93. The molecular formula is C8H17NO2. The Balaban J connectivity index is 2.29. The summed E-state index contributed by atoms with van der Waals surface area (Å²) in [6.45, 7) is 5.47. The molecule has 3 heteroatoms. The number of rotatable bonds is 2. The fourth-order valence-corrected chi connectivity index (χ4v) is 1.31. The van der Waals surface area contributed by atoms with E-state index in [1.165, 1.54) is 0 Å². The van der Waals surface area contributed by atoms with E-state index in [4.69, 9.17) is 4.74 Å². The molecule has 3 nitrogen and oxygen atoms in total. The Labute approximate surface area is 67.7 Å². The van der Waals surface area contributed by atoms with Crippen LogP contribution in [0.1, 0.15) is 20.3 Å². The van der Waals surface area contributed by atoms with Crippen LogP contribution < -0.4 is 5.32 Å². The van der Waals surface area contributed by atoms with Crippen LogP contribution in [0.3, 0.4) is 0 Å². The molecule has 2 atom stereocenters. The highest BCUT2D eigenvalue weighted by Gasteiger charge is 2.23. The van der Waals surface area contributed by atoms with Crippen molar-refractivity contribution in [2.24, 2.45) is 0 Å². The molecule has 0 radical (unpaired) electrons. The first-order valence-corrected chi connectivity index (χ1v) is 4.22. The molecule has 0 saturated carbocycles. The molecule has 0 aromatic carbocycles. The van der Waals surface area contributed by atoms with Gasteiger partial charge >= 0.3 is 0 Å². The summed E-state index contributed by atoms with van der Waals surface area (Å²) in [5.74, 6) is 0. The summed E-state index contributed by atoms with van der Waals surface area (Å²) in [5, 5.41) is 12.7. The standard InChI is InChI=1S/C8H17NO2/c1-6(2)9-7-5-11-4-3-8(7)10/h6-10H,3-5H2,1-2H3/t7-,8?/m1/s1. The first kappa shape index (κ1) is 8.97. The predicted octanol–water partition coefficient (Wildman–Crippen LogP) is 0.134. The van der Waals surface area contributed by atoms with Crippen molar-refractivity contribution in [3.63, 3.8) is 0 Å². The monoisotopic (exact) mass is 159 g/mol. The Kier molecular flexibility index (Phi) is 3.30. The van der Waals surface area contributed by atoms with Crippen molar-refractivity contribution in [1.82, 2.24) is 5.32 Å². The molecule has 0 spiro atoms. The third-order valence-electron chi connectivity index (χ3n) is 1.87. The fourth-order valence-electron chi connectivity index (χ4n) is 1.31. The van der Waals surface area contributed by atoms with Gasteiger partial charge in [-0.3, -0.25) is 0 Å². The smallest absolute Gasteiger partial charge is 0.0737 e. The SMILES string of the molecule is CC(C)N[C@@H]1COCCC1O. The van der Waals surface area contributed by atoms with Crippen LogP contribution in [0.15, 0.2) is 0 Å². The number of aliphatic hydroxyl groups is 1. The minimum absolute atomic E-state index is 0.128. The lowest BCUT2D eigenvalue weighted by Crippen LogP contribution is -2.49. The lowest BCUT2D eigenvalue weighted by molar-refractivity contribution is -0.0178. The van der Waals surface area contributed by atoms with Crippen molar-refractivity contribution in [2.45, 2.75) is 38.5 Å². The van der Waals surface area contributed by atoms with E-state index in [1.807, 2.05) is 0 Å². The molecule has 1 unspecified atom stereocenters. The molecule has 1 rings (SSSR count). The highest BCUT2D eigenvalue weighted by atomic mass is 16.5. The van der Waals surface area contributed by atoms with Crippen LogP contribution in [0, 0.1) is 0 Å². The van der Waals surface area contributed by atoms with Crippen molar-refractivity contribution in [1.29, 1.82) is 0 Å². The maximum Gasteiger partial charge on any atom is 0.0737 e. The Morgan fingerprint density at radius 2 is 2.27 bits per heavy atom. The molecule has 1 aliphatic heterocycles. The van der Waals surface area contributed by atoms with Crippen LogP contribution in [0.25, 0.3) is 0 Å². The van der Waals surface area contributed by atoms with Gasteiger partial charge in [0, 0.05) is 12.6 Å². The average molecular weight is 159 g/mol. The molecular weight excluding hydrogens is 142 g/mol. The van der Waals surface area contributed by atoms with Gasteiger partial charge in [0.15, 0.2) is 0 Å². The van der Waals surface area contributed by atoms with E-state index in [-0.39, 0.29) is 12.1 Å². The van der Waals surface area contributed by atoms with Gasteiger partial charge in [0.1, 0.15) is 0 Å². The lowest BCUT2D eigenvalue weighted by atomic mass is 10.1. The minimum Gasteiger partial charge on any atom is -0.391 e. The van der Waals surface area contributed by atoms with Gasteiger partial charge < -0.3 is 15.2 Å². The molecule has 1 aliphatic rings. The number of nitrogens with one attached hydrogen (secondary N) is 1. The van der Waals surface area contributed by atoms with Gasteiger partial charge in [-0.2, -0.15) is 0 Å². The van der Waals surface area contributed by atoms with Crippen molar-refractivity contribution in [3.8, 4) is 0 Å². The summed E-state index contributed by atoms with van der Waals surface area (Å²) < 4.78 is 5.23. The zero-order chi connectivity index (χ0) is 8.27. The Bertz CT molecular complexity index is 117. The molecule has 11 heavy (non-hydrogen) atoms. The normalized spacial score (nSPS) is 32.7. The van der Waals surface area contributed by atoms with E-state index in [2.05, 4.69) is 19.2 Å². The molecule has 1 fully saturated rings. The van der Waals surface area contributed by atoms with E-state index < -0.39 is 0 Å². The summed E-state index contributed by atoms with van der Waals surface area (Å²) in [7, 11) is 0. The first-order valence-electron chi connectivity index (χ1n) is 4.22. The summed E-state index contributed by atoms with van der Waals surface area (Å²) in [4.78, 5) is 0. The second-order valence-electron chi connectivity index (χ2n) is 3.36. The van der Waals surface area contributed by atoms with E-state index in [1.54, 1.807) is 0 Å². The van der Waals surface area contributed by atoms with Crippen LogP contribution in [0.4, 0.5) is 0 Å². The van der Waals surface area contributed by atoms with E-state index in [0.29, 0.717) is 19.3 Å². The number of aliphatic hydroxyl groups excluding tert-OH is 1. The summed E-state index contributed by atoms with van der Waals surface area (Å²) in [6.07, 6.45) is 0.524. The molecule has 0 aliphatic carbocycles. The molecule has 0 aromatic rings. The Hall–Kier alpha value is -0.120. The topological polar surface area (TPSA) is 41.5 Å². The Morgan fingerprint density at radius 1 is 1.55 bits per heavy atom. The highest BCUT2D eigenvalue weighted by molar-refractivity contribution is 4.79. The summed E-state index contributed by atoms with van der Waals surface area (Å²) in [6, 6.07) is 0.542. The third-order valence-corrected chi connectivity index (χ3v) is 1.87. The maximum atomic E-state index is 9.48. The summed E-state index contributed by atoms with van der Waals surface area (Å²) in [5.41, 5.74) is 0. The second kappa shape index (κ2) is 4.04. The molecule has 0 aromatic heterocycles. The van der Waals surface area contributed by atoms with Crippen molar-refractivity contribution in [2.75, 3.05) is 13.2 Å². The number of hydrogen-bond donors (Lipinski definition) is 2. The van der Waals surface area contributed by atoms with Crippen molar-refractivity contribution >= 4 is 0 Å². The summed E-state index contributed by atoms with van der Waals surface area (Å²) >= 11 is 0. The molecule has 1 saturated heterocycles. The molecule has 1 heterocycles. The zero-order valence-corrected chi connectivity index (χ0v) is 7.21. The van der Waals surface area contributed by atoms with Gasteiger partial charge in [-0.1, -0.05) is 13.8 Å². The molecule has 0 bridgehead atoms. The largest absolute Gasteiger partial charge is 0.391 e. The Morgan fingerprint density at radius 3 is 2.82 bits per heavy atom. The van der Waals surface area contributed by atoms with Gasteiger partial charge in [-0.05, 0) is 6.42 Å². The zero-order valence-electron chi connectivity index (χ0n) is 7.21. The molecule has 66 valence electrons. The van der Waals surface area contributed by atoms with Crippen molar-refractivity contribution < 1.29 is 9.84 Å². The first-order chi connectivity index (χ1) is 5.20. The van der Waals surface area contributed by atoms with Crippen LogP contribution >= 0.6 is 0 Å². The number of hydrogen-bond acceptors (Lipinski definition) is 3. The van der Waals surface area contributed by atoms with Gasteiger partial charge in [0.25, 0.3) is 0 Å². The highest BCUT2D eigenvalue weighted by Crippen LogP contribution is 2.07. The molecule has 2 N–H and O–H groups in total. The van der Waals surface area contributed by atoms with Crippen LogP contribution in [-0.4, -0.2) is 36.5 Å².